The summed E-state index contributed by atoms with van der Waals surface area (Å²) in [5.41, 5.74) is 6.41. The van der Waals surface area contributed by atoms with Crippen LogP contribution in [-0.2, 0) is 4.79 Å². The monoisotopic (exact) mass is 293 g/mol. The molecule has 5 nitrogen and oxygen atoms in total. The summed E-state index contributed by atoms with van der Waals surface area (Å²) in [4.78, 5) is 19.0. The normalized spacial score (nSPS) is 11.2. The Kier molecular flexibility index (Phi) is 3.72. The topological polar surface area (TPSA) is 78.0 Å². The number of fused-ring (bicyclic) bond motifs is 1. The van der Waals surface area contributed by atoms with E-state index < -0.39 is 5.91 Å². The summed E-state index contributed by atoms with van der Waals surface area (Å²) in [7, 11) is 0. The van der Waals surface area contributed by atoms with E-state index in [1.165, 1.54) is 6.08 Å². The minimum atomic E-state index is -0.565. The van der Waals surface area contributed by atoms with Crippen molar-refractivity contribution < 1.29 is 10.0 Å². The molecule has 0 saturated carbocycles. The Morgan fingerprint density at radius 1 is 1.27 bits per heavy atom. The number of aryl methyl sites for hydroxylation is 1. The number of carbonyl (C=O) groups excluding carboxylic acids is 1. The number of nitrogens with zero attached hydrogens (tertiary/aromatic N) is 1. The van der Waals surface area contributed by atoms with Crippen LogP contribution in [-0.4, -0.2) is 21.1 Å². The van der Waals surface area contributed by atoms with Crippen molar-refractivity contribution in [1.29, 1.82) is 0 Å². The molecule has 1 amide bonds. The van der Waals surface area contributed by atoms with Crippen LogP contribution >= 0.6 is 0 Å². The van der Waals surface area contributed by atoms with Crippen LogP contribution in [0.3, 0.4) is 0 Å². The number of amides is 1. The van der Waals surface area contributed by atoms with Crippen LogP contribution in [0.5, 0.6) is 0 Å². The average Bonchev–Trinajstić information content (AvgIpc) is 2.98. The molecule has 0 aliphatic carbocycles. The highest BCUT2D eigenvalue weighted by Crippen LogP contribution is 2.23. The molecule has 0 spiro atoms. The van der Waals surface area contributed by atoms with Gasteiger partial charge in [0.25, 0.3) is 5.91 Å². The van der Waals surface area contributed by atoms with Crippen LogP contribution in [0.15, 0.2) is 48.5 Å². The maximum absolute atomic E-state index is 11.0. The third kappa shape index (κ3) is 2.75. The van der Waals surface area contributed by atoms with Gasteiger partial charge < -0.3 is 4.98 Å². The van der Waals surface area contributed by atoms with E-state index in [-0.39, 0.29) is 0 Å². The SMILES string of the molecule is Cc1cccc2[nH]c(-c3cccc(/C=C/C(=O)NO)c3)nc12. The van der Waals surface area contributed by atoms with Gasteiger partial charge in [-0.25, -0.2) is 10.5 Å². The van der Waals surface area contributed by atoms with Crippen LogP contribution in [0.1, 0.15) is 11.1 Å². The van der Waals surface area contributed by atoms with Gasteiger partial charge in [0, 0.05) is 11.6 Å². The lowest BCUT2D eigenvalue weighted by Crippen LogP contribution is -2.14. The number of imidazole rings is 1. The second-order valence-electron chi connectivity index (χ2n) is 4.99. The Morgan fingerprint density at radius 2 is 2.09 bits per heavy atom. The Labute approximate surface area is 127 Å². The summed E-state index contributed by atoms with van der Waals surface area (Å²) >= 11 is 0. The molecule has 3 rings (SSSR count). The molecule has 0 fully saturated rings. The molecule has 0 aliphatic rings. The van der Waals surface area contributed by atoms with E-state index >= 15 is 0 Å². The van der Waals surface area contributed by atoms with Crippen LogP contribution in [0, 0.1) is 6.92 Å². The number of hydrogen-bond donors (Lipinski definition) is 3. The van der Waals surface area contributed by atoms with E-state index in [1.54, 1.807) is 11.6 Å². The number of nitrogens with one attached hydrogen (secondary N) is 2. The van der Waals surface area contributed by atoms with Gasteiger partial charge in [0.05, 0.1) is 11.0 Å². The second-order valence-corrected chi connectivity index (χ2v) is 4.99. The number of hydroxylamine groups is 1. The zero-order chi connectivity index (χ0) is 15.5. The summed E-state index contributed by atoms with van der Waals surface area (Å²) in [6, 6.07) is 13.7. The molecule has 0 unspecified atom stereocenters. The van der Waals surface area contributed by atoms with Crippen molar-refractivity contribution in [2.75, 3.05) is 0 Å². The van der Waals surface area contributed by atoms with E-state index in [0.29, 0.717) is 0 Å². The summed E-state index contributed by atoms with van der Waals surface area (Å²) in [6.07, 6.45) is 2.89. The third-order valence-corrected chi connectivity index (χ3v) is 3.41. The van der Waals surface area contributed by atoms with E-state index in [2.05, 4.69) is 9.97 Å². The van der Waals surface area contributed by atoms with Gasteiger partial charge in [-0.05, 0) is 36.3 Å². The molecule has 0 aliphatic heterocycles. The molecule has 2 aromatic carbocycles. The number of carbonyl (C=O) groups is 1. The number of aromatic amines is 1. The Balaban J connectivity index is 1.98. The number of aromatic nitrogens is 2. The first-order valence-electron chi connectivity index (χ1n) is 6.85. The molecule has 110 valence electrons. The van der Waals surface area contributed by atoms with Crippen LogP contribution in [0.25, 0.3) is 28.5 Å². The molecule has 22 heavy (non-hydrogen) atoms. The van der Waals surface area contributed by atoms with Crippen LogP contribution < -0.4 is 5.48 Å². The number of rotatable bonds is 3. The number of H-pyrrole nitrogens is 1. The molecule has 5 heteroatoms. The summed E-state index contributed by atoms with van der Waals surface area (Å²) in [5.74, 6) is 0.218. The molecule has 0 radical (unpaired) electrons. The third-order valence-electron chi connectivity index (χ3n) is 3.41. The van der Waals surface area contributed by atoms with Gasteiger partial charge in [-0.15, -0.1) is 0 Å². The highest BCUT2D eigenvalue weighted by atomic mass is 16.5. The quantitative estimate of drug-likeness (QED) is 0.394. The summed E-state index contributed by atoms with van der Waals surface area (Å²) < 4.78 is 0. The van der Waals surface area contributed by atoms with Crippen molar-refractivity contribution in [3.63, 3.8) is 0 Å². The molecule has 0 saturated heterocycles. The van der Waals surface area contributed by atoms with Gasteiger partial charge in [-0.2, -0.15) is 0 Å². The first-order chi connectivity index (χ1) is 10.7. The Morgan fingerprint density at radius 3 is 2.86 bits per heavy atom. The van der Waals surface area contributed by atoms with Crippen molar-refractivity contribution in [3.05, 3.63) is 59.7 Å². The van der Waals surface area contributed by atoms with Crippen molar-refractivity contribution in [1.82, 2.24) is 15.4 Å². The molecule has 0 atom stereocenters. The molecular formula is C17H15N3O2. The molecule has 1 aromatic heterocycles. The molecular weight excluding hydrogens is 278 g/mol. The largest absolute Gasteiger partial charge is 0.338 e. The van der Waals surface area contributed by atoms with Gasteiger partial charge in [0.15, 0.2) is 0 Å². The highest BCUT2D eigenvalue weighted by molar-refractivity contribution is 5.91. The smallest absolute Gasteiger partial charge is 0.267 e. The number of benzene rings is 2. The molecule has 3 aromatic rings. The van der Waals surface area contributed by atoms with Gasteiger partial charge in [0.2, 0.25) is 0 Å². The predicted molar refractivity (Wildman–Crippen MR) is 85.2 cm³/mol. The van der Waals surface area contributed by atoms with E-state index in [9.17, 15) is 4.79 Å². The van der Waals surface area contributed by atoms with Gasteiger partial charge in [0.1, 0.15) is 5.82 Å². The van der Waals surface area contributed by atoms with E-state index in [0.717, 1.165) is 33.5 Å². The van der Waals surface area contributed by atoms with E-state index in [4.69, 9.17) is 5.21 Å². The van der Waals surface area contributed by atoms with Gasteiger partial charge >= 0.3 is 0 Å². The fraction of sp³-hybridized carbons (Fsp3) is 0.0588. The minimum absolute atomic E-state index is 0.565. The van der Waals surface area contributed by atoms with Crippen molar-refractivity contribution >= 4 is 23.0 Å². The number of hydrogen-bond acceptors (Lipinski definition) is 3. The first kappa shape index (κ1) is 14.0. The maximum Gasteiger partial charge on any atom is 0.267 e. The second kappa shape index (κ2) is 5.83. The Hall–Kier alpha value is -2.92. The fourth-order valence-electron chi connectivity index (χ4n) is 2.31. The summed E-state index contributed by atoms with van der Waals surface area (Å²) in [6.45, 7) is 2.03. The standard InChI is InChI=1S/C17H15N3O2/c1-11-4-2-7-14-16(11)19-17(18-14)13-6-3-5-12(10-13)8-9-15(21)20-22/h2-10,22H,1H3,(H,18,19)(H,20,21)/b9-8+. The predicted octanol–water partition coefficient (Wildman–Crippen LogP) is 3.06. The van der Waals surface area contributed by atoms with Crippen LogP contribution in [0.4, 0.5) is 0 Å². The van der Waals surface area contributed by atoms with E-state index in [1.807, 2.05) is 49.4 Å². The molecule has 0 bridgehead atoms. The zero-order valence-electron chi connectivity index (χ0n) is 12.0. The minimum Gasteiger partial charge on any atom is -0.338 e. The average molecular weight is 293 g/mol. The van der Waals surface area contributed by atoms with Crippen LogP contribution in [0.2, 0.25) is 0 Å². The number of para-hydroxylation sites is 1. The summed E-state index contributed by atoms with van der Waals surface area (Å²) in [5, 5.41) is 8.49. The molecule has 3 N–H and O–H groups in total. The lowest BCUT2D eigenvalue weighted by atomic mass is 10.1. The van der Waals surface area contributed by atoms with Crippen molar-refractivity contribution in [3.8, 4) is 11.4 Å². The van der Waals surface area contributed by atoms with Crippen molar-refractivity contribution in [2.45, 2.75) is 6.92 Å². The maximum atomic E-state index is 11.0. The van der Waals surface area contributed by atoms with Gasteiger partial charge in [-0.3, -0.25) is 10.0 Å². The van der Waals surface area contributed by atoms with Crippen molar-refractivity contribution in [2.24, 2.45) is 0 Å². The fourth-order valence-corrected chi connectivity index (χ4v) is 2.31. The highest BCUT2D eigenvalue weighted by Gasteiger charge is 2.07. The molecule has 1 heterocycles. The lowest BCUT2D eigenvalue weighted by molar-refractivity contribution is -0.124. The zero-order valence-corrected chi connectivity index (χ0v) is 12.0. The lowest BCUT2D eigenvalue weighted by Gasteiger charge is -1.99. The first-order valence-corrected chi connectivity index (χ1v) is 6.85. The Bertz CT molecular complexity index is 865. The van der Waals surface area contributed by atoms with Gasteiger partial charge in [-0.1, -0.05) is 30.3 Å².